The van der Waals surface area contributed by atoms with Crippen LogP contribution >= 0.6 is 11.6 Å². The van der Waals surface area contributed by atoms with Gasteiger partial charge in [-0.15, -0.1) is 0 Å². The summed E-state index contributed by atoms with van der Waals surface area (Å²) < 4.78 is 10.9. The van der Waals surface area contributed by atoms with Crippen LogP contribution in [0.2, 0.25) is 5.02 Å². The van der Waals surface area contributed by atoms with Crippen LogP contribution in [-0.2, 0) is 0 Å². The lowest BCUT2D eigenvalue weighted by Gasteiger charge is -2.26. The van der Waals surface area contributed by atoms with Crippen molar-refractivity contribution >= 4 is 28.9 Å². The van der Waals surface area contributed by atoms with Gasteiger partial charge in [0.15, 0.2) is 0 Å². The van der Waals surface area contributed by atoms with Crippen molar-refractivity contribution in [3.8, 4) is 17.6 Å². The van der Waals surface area contributed by atoms with Gasteiger partial charge in [0.25, 0.3) is 11.4 Å². The molecule has 1 unspecified atom stereocenters. The molecule has 3 aromatic rings. The Morgan fingerprint density at radius 2 is 1.77 bits per heavy atom. The van der Waals surface area contributed by atoms with Crippen LogP contribution in [0.15, 0.2) is 72.1 Å². The molecule has 0 aromatic heterocycles. The number of nitro benzene ring substituents is 2. The number of carbonyl (C=O) groups excluding carboxylic acids is 1. The molecule has 0 amide bonds. The van der Waals surface area contributed by atoms with Crippen LogP contribution in [0.1, 0.15) is 27.4 Å². The number of nitro groups is 2. The van der Waals surface area contributed by atoms with Crippen molar-refractivity contribution in [2.45, 2.75) is 5.92 Å². The van der Waals surface area contributed by atoms with Gasteiger partial charge in [0.05, 0.1) is 26.4 Å². The van der Waals surface area contributed by atoms with Crippen molar-refractivity contribution in [3.05, 3.63) is 114 Å². The van der Waals surface area contributed by atoms with Gasteiger partial charge in [-0.1, -0.05) is 29.8 Å². The average molecular weight is 493 g/mol. The highest BCUT2D eigenvalue weighted by atomic mass is 35.5. The summed E-state index contributed by atoms with van der Waals surface area (Å²) in [5.41, 5.74) is 6.21. The summed E-state index contributed by atoms with van der Waals surface area (Å²) in [5.74, 6) is -1.73. The van der Waals surface area contributed by atoms with Gasteiger partial charge >= 0.3 is 5.97 Å². The van der Waals surface area contributed by atoms with Crippen LogP contribution in [0.5, 0.6) is 11.5 Å². The number of allylic oxidation sites excluding steroid dienone is 1. The second kappa shape index (κ2) is 9.12. The van der Waals surface area contributed by atoms with Gasteiger partial charge in [-0.3, -0.25) is 20.2 Å². The molecule has 12 heteroatoms. The van der Waals surface area contributed by atoms with Crippen molar-refractivity contribution in [2.24, 2.45) is 5.73 Å². The molecule has 1 heterocycles. The van der Waals surface area contributed by atoms with Crippen molar-refractivity contribution in [1.82, 2.24) is 0 Å². The number of halogens is 1. The van der Waals surface area contributed by atoms with E-state index in [4.69, 9.17) is 26.8 Å². The molecular weight excluding hydrogens is 480 g/mol. The maximum atomic E-state index is 12.6. The van der Waals surface area contributed by atoms with Crippen LogP contribution in [0.3, 0.4) is 0 Å². The summed E-state index contributed by atoms with van der Waals surface area (Å²) in [4.78, 5) is 33.6. The van der Waals surface area contributed by atoms with Gasteiger partial charge in [-0.2, -0.15) is 5.26 Å². The fraction of sp³-hybridized carbons (Fsp3) is 0.0435. The Kier molecular flexibility index (Phi) is 6.05. The van der Waals surface area contributed by atoms with E-state index in [1.807, 2.05) is 6.07 Å². The molecule has 0 spiro atoms. The van der Waals surface area contributed by atoms with Crippen molar-refractivity contribution in [2.75, 3.05) is 0 Å². The summed E-state index contributed by atoms with van der Waals surface area (Å²) in [5, 5.41) is 31.9. The summed E-state index contributed by atoms with van der Waals surface area (Å²) in [6.45, 7) is 0. The third kappa shape index (κ3) is 4.46. The molecule has 1 aliphatic heterocycles. The van der Waals surface area contributed by atoms with Crippen molar-refractivity contribution in [3.63, 3.8) is 0 Å². The normalized spacial score (nSPS) is 14.3. The topological polar surface area (TPSA) is 172 Å². The van der Waals surface area contributed by atoms with E-state index < -0.39 is 21.7 Å². The number of hydrogen-bond donors (Lipinski definition) is 1. The Morgan fingerprint density at radius 3 is 2.46 bits per heavy atom. The largest absolute Gasteiger partial charge is 0.440 e. The fourth-order valence-corrected chi connectivity index (χ4v) is 3.80. The number of nitrogens with zero attached hydrogens (tertiary/aromatic N) is 3. The average Bonchev–Trinajstić information content (AvgIpc) is 2.83. The molecule has 0 aliphatic carbocycles. The van der Waals surface area contributed by atoms with Crippen LogP contribution in [0, 0.1) is 31.6 Å². The van der Waals surface area contributed by atoms with E-state index in [9.17, 15) is 30.3 Å². The maximum Gasteiger partial charge on any atom is 0.345 e. The molecule has 0 saturated heterocycles. The standard InChI is InChI=1S/C23H13ClN4O7/c24-19-7-4-14(28(32)33)9-17(19)23(29)34-15-5-6-16-20(10-15)35-22(26)18(11-25)21(16)12-2-1-3-13(8-12)27(30)31/h1-10,21H,26H2. The first kappa shape index (κ1) is 23.2. The highest BCUT2D eigenvalue weighted by molar-refractivity contribution is 6.33. The van der Waals surface area contributed by atoms with Gasteiger partial charge in [0.2, 0.25) is 5.88 Å². The Labute approximate surface area is 201 Å². The molecular formula is C23H13ClN4O7. The molecule has 0 radical (unpaired) electrons. The number of rotatable bonds is 5. The molecule has 0 saturated carbocycles. The second-order valence-corrected chi connectivity index (χ2v) is 7.69. The number of ether oxygens (including phenoxy) is 2. The Balaban J connectivity index is 1.71. The first-order valence-electron chi connectivity index (χ1n) is 9.81. The number of benzene rings is 3. The number of nitrogens with two attached hydrogens (primary N) is 1. The van der Waals surface area contributed by atoms with E-state index in [0.29, 0.717) is 11.1 Å². The number of hydrogen-bond acceptors (Lipinski definition) is 9. The Bertz CT molecular complexity index is 1480. The number of esters is 1. The molecule has 1 aliphatic rings. The van der Waals surface area contributed by atoms with Gasteiger partial charge in [-0.05, 0) is 17.7 Å². The Hall–Kier alpha value is -4.95. The minimum atomic E-state index is -0.939. The summed E-state index contributed by atoms with van der Waals surface area (Å²) in [6, 6.07) is 15.4. The predicted octanol–water partition coefficient (Wildman–Crippen LogP) is 4.59. The zero-order chi connectivity index (χ0) is 25.3. The van der Waals surface area contributed by atoms with Gasteiger partial charge in [0.1, 0.15) is 23.1 Å². The monoisotopic (exact) mass is 492 g/mol. The molecule has 0 bridgehead atoms. The van der Waals surface area contributed by atoms with E-state index in [-0.39, 0.29) is 44.9 Å². The van der Waals surface area contributed by atoms with Gasteiger partial charge < -0.3 is 15.2 Å². The van der Waals surface area contributed by atoms with Crippen molar-refractivity contribution in [1.29, 1.82) is 5.26 Å². The highest BCUT2D eigenvalue weighted by Crippen LogP contribution is 2.44. The van der Waals surface area contributed by atoms with Gasteiger partial charge in [0, 0.05) is 35.9 Å². The zero-order valence-electron chi connectivity index (χ0n) is 17.5. The van der Waals surface area contributed by atoms with Crippen LogP contribution in [-0.4, -0.2) is 15.8 Å². The molecule has 0 fully saturated rings. The van der Waals surface area contributed by atoms with E-state index in [1.165, 1.54) is 42.5 Å². The van der Waals surface area contributed by atoms with Crippen molar-refractivity contribution < 1.29 is 24.1 Å². The smallest absolute Gasteiger partial charge is 0.345 e. The number of nitriles is 1. The van der Waals surface area contributed by atoms with Crippen LogP contribution < -0.4 is 15.2 Å². The number of carbonyl (C=O) groups is 1. The molecule has 3 aromatic carbocycles. The molecule has 4 rings (SSSR count). The second-order valence-electron chi connectivity index (χ2n) is 7.29. The number of non-ortho nitro benzene ring substituents is 2. The minimum absolute atomic E-state index is 0.0160. The fourth-order valence-electron chi connectivity index (χ4n) is 3.61. The van der Waals surface area contributed by atoms with E-state index in [2.05, 4.69) is 0 Å². The van der Waals surface area contributed by atoms with Crippen LogP contribution in [0.25, 0.3) is 0 Å². The lowest BCUT2D eigenvalue weighted by atomic mass is 9.83. The quantitative estimate of drug-likeness (QED) is 0.231. The van der Waals surface area contributed by atoms with E-state index in [1.54, 1.807) is 6.07 Å². The third-order valence-corrected chi connectivity index (χ3v) is 5.53. The first-order valence-corrected chi connectivity index (χ1v) is 10.2. The van der Waals surface area contributed by atoms with Gasteiger partial charge in [-0.25, -0.2) is 4.79 Å². The summed E-state index contributed by atoms with van der Waals surface area (Å²) >= 11 is 6.00. The molecule has 1 atom stereocenters. The summed E-state index contributed by atoms with van der Waals surface area (Å²) in [7, 11) is 0. The SMILES string of the molecule is N#CC1=C(N)Oc2cc(OC(=O)c3cc([N+](=O)[O-])ccc3Cl)ccc2C1c1cccc([N+](=O)[O-])c1. The lowest BCUT2D eigenvalue weighted by Crippen LogP contribution is -2.21. The molecule has 2 N–H and O–H groups in total. The lowest BCUT2D eigenvalue weighted by molar-refractivity contribution is -0.385. The number of fused-ring (bicyclic) bond motifs is 1. The van der Waals surface area contributed by atoms with E-state index in [0.717, 1.165) is 12.1 Å². The molecule has 35 heavy (non-hydrogen) atoms. The molecule has 174 valence electrons. The zero-order valence-corrected chi connectivity index (χ0v) is 18.3. The van der Waals surface area contributed by atoms with E-state index >= 15 is 0 Å². The maximum absolute atomic E-state index is 12.6. The Morgan fingerprint density at radius 1 is 1.06 bits per heavy atom. The van der Waals surface area contributed by atoms with Crippen LogP contribution in [0.4, 0.5) is 11.4 Å². The highest BCUT2D eigenvalue weighted by Gasteiger charge is 2.32. The minimum Gasteiger partial charge on any atom is -0.440 e. The first-order chi connectivity index (χ1) is 16.7. The summed E-state index contributed by atoms with van der Waals surface area (Å²) in [6.07, 6.45) is 0. The third-order valence-electron chi connectivity index (χ3n) is 5.20. The predicted molar refractivity (Wildman–Crippen MR) is 122 cm³/mol. The molecule has 11 nitrogen and oxygen atoms in total.